The first-order valence-corrected chi connectivity index (χ1v) is 5.74. The smallest absolute Gasteiger partial charge is 0.384 e. The fourth-order valence-corrected chi connectivity index (χ4v) is 1.66. The summed E-state index contributed by atoms with van der Waals surface area (Å²) in [5.74, 6) is -2.23. The minimum atomic E-state index is -4.62. The second-order valence-electron chi connectivity index (χ2n) is 4.37. The Bertz CT molecular complexity index is 682. The molecule has 0 unspecified atom stereocenters. The summed E-state index contributed by atoms with van der Waals surface area (Å²) in [6.45, 7) is 1.36. The number of nitrogen functional groups attached to an aromatic ring is 1. The Hall–Kier alpha value is -2.38. The third-order valence-corrected chi connectivity index (χ3v) is 2.68. The van der Waals surface area contributed by atoms with E-state index in [-0.39, 0.29) is 22.9 Å². The lowest BCUT2D eigenvalue weighted by atomic mass is 10.2. The molecule has 2 aromatic rings. The minimum Gasteiger partial charge on any atom is -0.384 e. The number of hydrogen-bond acceptors (Lipinski definition) is 3. The van der Waals surface area contributed by atoms with E-state index in [1.165, 1.54) is 6.92 Å². The van der Waals surface area contributed by atoms with E-state index in [9.17, 15) is 22.0 Å². The molecular weight excluding hydrogens is 293 g/mol. The molecule has 0 saturated carbocycles. The summed E-state index contributed by atoms with van der Waals surface area (Å²) in [7, 11) is 0. The first-order chi connectivity index (χ1) is 9.66. The van der Waals surface area contributed by atoms with Crippen molar-refractivity contribution in [3.8, 4) is 0 Å². The standard InChI is InChI=1S/C13H10F5N3/c1-6-2-9(15)10(5-8(6)14)20-12-4-7(13(16,17)18)3-11(19)21-12/h2-5H,1H3,(H3,19,20,21). The van der Waals surface area contributed by atoms with Gasteiger partial charge in [-0.25, -0.2) is 13.8 Å². The maximum atomic E-state index is 13.6. The monoisotopic (exact) mass is 303 g/mol. The highest BCUT2D eigenvalue weighted by Crippen LogP contribution is 2.32. The largest absolute Gasteiger partial charge is 0.416 e. The lowest BCUT2D eigenvalue weighted by molar-refractivity contribution is -0.137. The highest BCUT2D eigenvalue weighted by molar-refractivity contribution is 5.60. The van der Waals surface area contributed by atoms with Crippen molar-refractivity contribution >= 4 is 17.3 Å². The van der Waals surface area contributed by atoms with Crippen LogP contribution in [0.4, 0.5) is 39.3 Å². The maximum absolute atomic E-state index is 13.6. The van der Waals surface area contributed by atoms with Gasteiger partial charge >= 0.3 is 6.18 Å². The number of nitrogens with one attached hydrogen (secondary N) is 1. The van der Waals surface area contributed by atoms with Crippen LogP contribution in [-0.2, 0) is 6.18 Å². The molecule has 0 spiro atoms. The Morgan fingerprint density at radius 1 is 1.05 bits per heavy atom. The predicted octanol–water partition coefficient (Wildman–Crippen LogP) is 4.01. The lowest BCUT2D eigenvalue weighted by Crippen LogP contribution is -2.08. The number of nitrogens with zero attached hydrogens (tertiary/aromatic N) is 1. The van der Waals surface area contributed by atoms with Gasteiger partial charge in [-0.1, -0.05) is 0 Å². The molecule has 0 bridgehead atoms. The Kier molecular flexibility index (Phi) is 3.71. The van der Waals surface area contributed by atoms with Gasteiger partial charge in [0.2, 0.25) is 0 Å². The number of rotatable bonds is 2. The molecule has 0 saturated heterocycles. The summed E-state index contributed by atoms with van der Waals surface area (Å²) in [4.78, 5) is 3.61. The molecule has 0 fully saturated rings. The number of hydrogen-bond donors (Lipinski definition) is 2. The number of anilines is 3. The molecule has 0 radical (unpaired) electrons. The fourth-order valence-electron chi connectivity index (χ4n) is 1.66. The van der Waals surface area contributed by atoms with Gasteiger partial charge in [-0.05, 0) is 30.7 Å². The Morgan fingerprint density at radius 2 is 1.71 bits per heavy atom. The van der Waals surface area contributed by atoms with E-state index in [0.29, 0.717) is 12.1 Å². The van der Waals surface area contributed by atoms with Gasteiger partial charge in [0.1, 0.15) is 23.3 Å². The molecule has 0 amide bonds. The first-order valence-electron chi connectivity index (χ1n) is 5.74. The Balaban J connectivity index is 2.40. The number of halogens is 5. The van der Waals surface area contributed by atoms with Crippen molar-refractivity contribution in [2.45, 2.75) is 13.1 Å². The van der Waals surface area contributed by atoms with Crippen molar-refractivity contribution < 1.29 is 22.0 Å². The van der Waals surface area contributed by atoms with Crippen LogP contribution in [-0.4, -0.2) is 4.98 Å². The normalized spacial score (nSPS) is 11.5. The van der Waals surface area contributed by atoms with Crippen molar-refractivity contribution in [2.24, 2.45) is 0 Å². The molecule has 21 heavy (non-hydrogen) atoms. The van der Waals surface area contributed by atoms with Gasteiger partial charge in [0, 0.05) is 6.07 Å². The third-order valence-electron chi connectivity index (χ3n) is 2.68. The van der Waals surface area contributed by atoms with Gasteiger partial charge in [0.15, 0.2) is 0 Å². The van der Waals surface area contributed by atoms with Crippen LogP contribution in [0.1, 0.15) is 11.1 Å². The van der Waals surface area contributed by atoms with E-state index >= 15 is 0 Å². The fraction of sp³-hybridized carbons (Fsp3) is 0.154. The van der Waals surface area contributed by atoms with Gasteiger partial charge in [0.25, 0.3) is 0 Å². The molecule has 2 rings (SSSR count). The highest BCUT2D eigenvalue weighted by Gasteiger charge is 2.31. The summed E-state index contributed by atoms with van der Waals surface area (Å²) in [6, 6.07) is 3.07. The number of aromatic nitrogens is 1. The molecule has 0 aliphatic rings. The van der Waals surface area contributed by atoms with E-state index in [1.807, 2.05) is 0 Å². The second-order valence-corrected chi connectivity index (χ2v) is 4.37. The van der Waals surface area contributed by atoms with E-state index in [0.717, 1.165) is 12.1 Å². The number of aryl methyl sites for hydroxylation is 1. The Labute approximate surface area is 116 Å². The zero-order valence-corrected chi connectivity index (χ0v) is 10.7. The van der Waals surface area contributed by atoms with Gasteiger partial charge in [0.05, 0.1) is 11.3 Å². The first kappa shape index (κ1) is 15.0. The van der Waals surface area contributed by atoms with Gasteiger partial charge in [-0.3, -0.25) is 0 Å². The van der Waals surface area contributed by atoms with Crippen LogP contribution in [0.3, 0.4) is 0 Å². The number of nitrogens with two attached hydrogens (primary N) is 1. The molecular formula is C13H10F5N3. The van der Waals surface area contributed by atoms with Crippen molar-refractivity contribution in [3.63, 3.8) is 0 Å². The van der Waals surface area contributed by atoms with Gasteiger partial charge < -0.3 is 11.1 Å². The van der Waals surface area contributed by atoms with Crippen LogP contribution in [0.25, 0.3) is 0 Å². The van der Waals surface area contributed by atoms with Crippen molar-refractivity contribution in [2.75, 3.05) is 11.1 Å². The zero-order chi connectivity index (χ0) is 15.8. The second kappa shape index (κ2) is 5.19. The zero-order valence-electron chi connectivity index (χ0n) is 10.7. The van der Waals surface area contributed by atoms with E-state index in [1.54, 1.807) is 0 Å². The summed E-state index contributed by atoms with van der Waals surface area (Å²) in [5.41, 5.74) is 4.00. The van der Waals surface area contributed by atoms with Crippen LogP contribution in [0, 0.1) is 18.6 Å². The molecule has 0 atom stereocenters. The molecule has 112 valence electrons. The average molecular weight is 303 g/mol. The average Bonchev–Trinajstić information content (AvgIpc) is 2.34. The lowest BCUT2D eigenvalue weighted by Gasteiger charge is -2.12. The SMILES string of the molecule is Cc1cc(F)c(Nc2cc(C(F)(F)F)cc(N)n2)cc1F. The van der Waals surface area contributed by atoms with Gasteiger partial charge in [-0.15, -0.1) is 0 Å². The minimum absolute atomic E-state index is 0.0783. The highest BCUT2D eigenvalue weighted by atomic mass is 19.4. The third kappa shape index (κ3) is 3.39. The Morgan fingerprint density at radius 3 is 2.33 bits per heavy atom. The van der Waals surface area contributed by atoms with Crippen LogP contribution in [0.5, 0.6) is 0 Å². The molecule has 1 aromatic heterocycles. The predicted molar refractivity (Wildman–Crippen MR) is 68.0 cm³/mol. The van der Waals surface area contributed by atoms with Crippen LogP contribution in [0.15, 0.2) is 24.3 Å². The van der Waals surface area contributed by atoms with Crippen molar-refractivity contribution in [1.29, 1.82) is 0 Å². The van der Waals surface area contributed by atoms with Crippen LogP contribution < -0.4 is 11.1 Å². The summed E-state index contributed by atoms with van der Waals surface area (Å²) < 4.78 is 64.9. The summed E-state index contributed by atoms with van der Waals surface area (Å²) >= 11 is 0. The maximum Gasteiger partial charge on any atom is 0.416 e. The van der Waals surface area contributed by atoms with E-state index < -0.39 is 23.4 Å². The van der Waals surface area contributed by atoms with E-state index in [4.69, 9.17) is 5.73 Å². The van der Waals surface area contributed by atoms with Crippen LogP contribution >= 0.6 is 0 Å². The number of alkyl halides is 3. The topological polar surface area (TPSA) is 50.9 Å². The van der Waals surface area contributed by atoms with E-state index in [2.05, 4.69) is 10.3 Å². The molecule has 0 aliphatic carbocycles. The number of pyridine rings is 1. The summed E-state index contributed by atoms with van der Waals surface area (Å²) in [5, 5.41) is 2.29. The van der Waals surface area contributed by atoms with Crippen molar-refractivity contribution in [3.05, 3.63) is 47.0 Å². The molecule has 0 aliphatic heterocycles. The number of benzene rings is 1. The molecule has 8 heteroatoms. The van der Waals surface area contributed by atoms with Crippen molar-refractivity contribution in [1.82, 2.24) is 4.98 Å². The molecule has 1 aromatic carbocycles. The van der Waals surface area contributed by atoms with Gasteiger partial charge in [-0.2, -0.15) is 13.2 Å². The quantitative estimate of drug-likeness (QED) is 0.824. The molecule has 1 heterocycles. The molecule has 3 N–H and O–H groups in total. The van der Waals surface area contributed by atoms with Crippen LogP contribution in [0.2, 0.25) is 0 Å². The molecule has 3 nitrogen and oxygen atoms in total. The summed E-state index contributed by atoms with van der Waals surface area (Å²) in [6.07, 6.45) is -4.62.